The number of rotatable bonds is 4. The normalized spacial score (nSPS) is 12.2. The Balaban J connectivity index is 1.59. The molecule has 0 saturated carbocycles. The number of benzene rings is 2. The highest BCUT2D eigenvalue weighted by Gasteiger charge is 2.34. The number of nitrogens with zero attached hydrogens (tertiary/aromatic N) is 6. The highest BCUT2D eigenvalue weighted by molar-refractivity contribution is 5.71. The van der Waals surface area contributed by atoms with Crippen molar-refractivity contribution in [3.63, 3.8) is 0 Å². The van der Waals surface area contributed by atoms with Gasteiger partial charge in [-0.3, -0.25) is 4.57 Å². The minimum Gasteiger partial charge on any atom is -0.497 e. The summed E-state index contributed by atoms with van der Waals surface area (Å²) in [7, 11) is 1.54. The summed E-state index contributed by atoms with van der Waals surface area (Å²) in [5.74, 6) is 1.05. The average Bonchev–Trinajstić information content (AvgIpc) is 3.37. The number of nitriles is 1. The molecular formula is C22H15F3N6O2. The first kappa shape index (κ1) is 20.6. The Hall–Kier alpha value is -4.33. The summed E-state index contributed by atoms with van der Waals surface area (Å²) in [6.45, 7) is -0.0722. The van der Waals surface area contributed by atoms with Crippen LogP contribution in [0.2, 0.25) is 0 Å². The van der Waals surface area contributed by atoms with Gasteiger partial charge in [0, 0.05) is 5.56 Å². The smallest absolute Gasteiger partial charge is 0.419 e. The fourth-order valence-electron chi connectivity index (χ4n) is 3.78. The summed E-state index contributed by atoms with van der Waals surface area (Å²) < 4.78 is 54.3. The van der Waals surface area contributed by atoms with Crippen molar-refractivity contribution in [3.8, 4) is 34.6 Å². The molecule has 0 amide bonds. The van der Waals surface area contributed by atoms with Gasteiger partial charge in [0.15, 0.2) is 17.3 Å². The van der Waals surface area contributed by atoms with Gasteiger partial charge in [-0.25, -0.2) is 4.98 Å². The molecule has 0 bridgehead atoms. The van der Waals surface area contributed by atoms with Gasteiger partial charge < -0.3 is 14.0 Å². The molecule has 0 radical (unpaired) electrons. The number of hydrogen-bond donors (Lipinski definition) is 0. The summed E-state index contributed by atoms with van der Waals surface area (Å²) in [6, 6.07) is 12.4. The van der Waals surface area contributed by atoms with E-state index >= 15 is 0 Å². The molecule has 0 saturated heterocycles. The van der Waals surface area contributed by atoms with E-state index in [1.807, 2.05) is 6.07 Å². The topological polar surface area (TPSA) is 90.8 Å². The molecule has 0 atom stereocenters. The predicted molar refractivity (Wildman–Crippen MR) is 109 cm³/mol. The molecule has 8 nitrogen and oxygen atoms in total. The van der Waals surface area contributed by atoms with Crippen molar-refractivity contribution in [2.75, 3.05) is 7.11 Å². The van der Waals surface area contributed by atoms with Crippen LogP contribution in [0.1, 0.15) is 22.8 Å². The van der Waals surface area contributed by atoms with Gasteiger partial charge in [0.2, 0.25) is 0 Å². The van der Waals surface area contributed by atoms with Gasteiger partial charge in [-0.15, -0.1) is 10.2 Å². The number of fused-ring (bicyclic) bond motifs is 5. The van der Waals surface area contributed by atoms with E-state index < -0.39 is 11.7 Å². The van der Waals surface area contributed by atoms with Crippen LogP contribution in [0, 0.1) is 11.3 Å². The minimum atomic E-state index is -4.55. The third-order valence-electron chi connectivity index (χ3n) is 5.36. The number of hydrogen-bond acceptors (Lipinski definition) is 6. The zero-order valence-corrected chi connectivity index (χ0v) is 17.2. The molecule has 1 aliphatic heterocycles. The zero-order valence-electron chi connectivity index (χ0n) is 17.2. The maximum Gasteiger partial charge on any atom is 0.419 e. The van der Waals surface area contributed by atoms with Crippen LogP contribution in [0.4, 0.5) is 13.2 Å². The standard InChI is InChI=1S/C22H15F3N6O2/c1-32-13-6-7-17-14(8-13)21-29-28-20(30(21)10-18-16(9-26)27-12-31(17)18)11-33-19-5-3-2-4-15(19)22(23,24)25/h2-8,12H,10-11H2,1H3. The molecule has 3 heterocycles. The van der Waals surface area contributed by atoms with Crippen LogP contribution in [0.5, 0.6) is 11.5 Å². The SMILES string of the molecule is COc1ccc2c(c1)-c1nnc(COc3ccccc3C(F)(F)F)n1Cc1c(C#N)ncn1-2. The van der Waals surface area contributed by atoms with Gasteiger partial charge in [0.05, 0.1) is 30.6 Å². The van der Waals surface area contributed by atoms with Crippen LogP contribution in [0.25, 0.3) is 17.1 Å². The van der Waals surface area contributed by atoms with Crippen LogP contribution in [0.15, 0.2) is 48.8 Å². The van der Waals surface area contributed by atoms with Gasteiger partial charge >= 0.3 is 6.18 Å². The van der Waals surface area contributed by atoms with Crippen molar-refractivity contribution < 1.29 is 22.6 Å². The number of para-hydroxylation sites is 1. The van der Waals surface area contributed by atoms with Crippen molar-refractivity contribution in [1.82, 2.24) is 24.3 Å². The highest BCUT2D eigenvalue weighted by Crippen LogP contribution is 2.37. The molecule has 0 N–H and O–H groups in total. The number of methoxy groups -OCH3 is 1. The number of halogens is 3. The summed E-state index contributed by atoms with van der Waals surface area (Å²) in [4.78, 5) is 4.18. The van der Waals surface area contributed by atoms with Gasteiger partial charge in [0.25, 0.3) is 0 Å². The van der Waals surface area contributed by atoms with Gasteiger partial charge in [-0.2, -0.15) is 18.4 Å². The van der Waals surface area contributed by atoms with Gasteiger partial charge in [-0.1, -0.05) is 12.1 Å². The fourth-order valence-corrected chi connectivity index (χ4v) is 3.78. The van der Waals surface area contributed by atoms with E-state index in [9.17, 15) is 18.4 Å². The van der Waals surface area contributed by atoms with E-state index in [-0.39, 0.29) is 24.6 Å². The van der Waals surface area contributed by atoms with Crippen LogP contribution in [0.3, 0.4) is 0 Å². The average molecular weight is 452 g/mol. The van der Waals surface area contributed by atoms with E-state index in [2.05, 4.69) is 21.3 Å². The van der Waals surface area contributed by atoms with Gasteiger partial charge in [-0.05, 0) is 30.3 Å². The summed E-state index contributed by atoms with van der Waals surface area (Å²) in [6.07, 6.45) is -3.00. The second kappa shape index (κ2) is 7.67. The third kappa shape index (κ3) is 3.45. The van der Waals surface area contributed by atoms with Crippen LogP contribution in [-0.2, 0) is 19.3 Å². The number of alkyl halides is 3. The molecule has 5 rings (SSSR count). The number of ether oxygens (including phenoxy) is 2. The predicted octanol–water partition coefficient (Wildman–Crippen LogP) is 3.97. The van der Waals surface area contributed by atoms with Crippen LogP contribution >= 0.6 is 0 Å². The maximum atomic E-state index is 13.3. The largest absolute Gasteiger partial charge is 0.497 e. The Bertz CT molecular complexity index is 1400. The molecule has 0 spiro atoms. The molecule has 2 aromatic carbocycles. The molecular weight excluding hydrogens is 437 g/mol. The fraction of sp³-hybridized carbons (Fsp3) is 0.182. The first-order valence-corrected chi connectivity index (χ1v) is 9.77. The molecule has 0 aliphatic carbocycles. The maximum absolute atomic E-state index is 13.3. The van der Waals surface area contributed by atoms with E-state index in [4.69, 9.17) is 9.47 Å². The quantitative estimate of drug-likeness (QED) is 0.410. The van der Waals surface area contributed by atoms with Crippen molar-refractivity contribution in [3.05, 3.63) is 71.6 Å². The molecule has 11 heteroatoms. The van der Waals surface area contributed by atoms with Crippen LogP contribution in [-0.4, -0.2) is 31.4 Å². The first-order chi connectivity index (χ1) is 15.9. The molecule has 33 heavy (non-hydrogen) atoms. The number of imidazole rings is 1. The monoisotopic (exact) mass is 452 g/mol. The Morgan fingerprint density at radius 1 is 1.15 bits per heavy atom. The Morgan fingerprint density at radius 2 is 1.97 bits per heavy atom. The Labute approximate surface area is 185 Å². The van der Waals surface area contributed by atoms with E-state index in [1.54, 1.807) is 27.6 Å². The lowest BCUT2D eigenvalue weighted by molar-refractivity contribution is -0.139. The van der Waals surface area contributed by atoms with Gasteiger partial charge in [0.1, 0.15) is 30.5 Å². The Morgan fingerprint density at radius 3 is 2.73 bits per heavy atom. The summed E-state index contributed by atoms with van der Waals surface area (Å²) in [5, 5.41) is 18.0. The molecule has 0 unspecified atom stereocenters. The van der Waals surface area contributed by atoms with Crippen LogP contribution < -0.4 is 9.47 Å². The molecule has 1 aliphatic rings. The first-order valence-electron chi connectivity index (χ1n) is 9.77. The lowest BCUT2D eigenvalue weighted by atomic mass is 10.1. The molecule has 0 fully saturated rings. The van der Waals surface area contributed by atoms with Crippen molar-refractivity contribution in [1.29, 1.82) is 5.26 Å². The van der Waals surface area contributed by atoms with E-state index in [0.717, 1.165) is 11.8 Å². The lowest BCUT2D eigenvalue weighted by Gasteiger charge is -2.14. The second-order valence-corrected chi connectivity index (χ2v) is 7.21. The molecule has 166 valence electrons. The summed E-state index contributed by atoms with van der Waals surface area (Å²) in [5.41, 5.74) is 1.35. The summed E-state index contributed by atoms with van der Waals surface area (Å²) >= 11 is 0. The second-order valence-electron chi connectivity index (χ2n) is 7.21. The molecule has 2 aromatic heterocycles. The minimum absolute atomic E-state index is 0.182. The van der Waals surface area contributed by atoms with Crippen molar-refractivity contribution in [2.45, 2.75) is 19.3 Å². The zero-order chi connectivity index (χ0) is 23.2. The van der Waals surface area contributed by atoms with E-state index in [0.29, 0.717) is 28.7 Å². The highest BCUT2D eigenvalue weighted by atomic mass is 19.4. The number of aromatic nitrogens is 5. The van der Waals surface area contributed by atoms with Crippen molar-refractivity contribution in [2.24, 2.45) is 0 Å². The third-order valence-corrected chi connectivity index (χ3v) is 5.36. The molecule has 4 aromatic rings. The van der Waals surface area contributed by atoms with Crippen molar-refractivity contribution >= 4 is 0 Å². The van der Waals surface area contributed by atoms with E-state index in [1.165, 1.54) is 25.3 Å². The lowest BCUT2D eigenvalue weighted by Crippen LogP contribution is -2.12. The Kier molecular flexibility index (Phi) is 4.78.